The molecule has 0 bridgehead atoms. The number of aromatic nitrogens is 2. The molecule has 4 nitrogen and oxygen atoms in total. The van der Waals surface area contributed by atoms with Gasteiger partial charge in [0, 0.05) is 5.02 Å². The average molecular weight is 302 g/mol. The molecular formula is C11H9Cl2N3OS. The molecule has 0 saturated carbocycles. The normalized spacial score (nSPS) is 10.4. The van der Waals surface area contributed by atoms with Gasteiger partial charge in [0.25, 0.3) is 5.91 Å². The van der Waals surface area contributed by atoms with Gasteiger partial charge < -0.3 is 5.32 Å². The molecular weight excluding hydrogens is 293 g/mol. The molecule has 18 heavy (non-hydrogen) atoms. The van der Waals surface area contributed by atoms with Crippen LogP contribution in [0.1, 0.15) is 20.4 Å². The highest BCUT2D eigenvalue weighted by Crippen LogP contribution is 2.21. The molecule has 0 unspecified atom stereocenters. The minimum absolute atomic E-state index is 0.260. The standard InChI is InChI=1S/C11H9Cl2N3OS/c1-6-15-16-10(18-6)5-14-11(17)8-3-2-7(12)4-9(8)13/h2-4H,5H2,1H3,(H,14,17). The maximum absolute atomic E-state index is 11.9. The predicted octanol–water partition coefficient (Wildman–Crippen LogP) is 3.08. The number of carbonyl (C=O) groups is 1. The highest BCUT2D eigenvalue weighted by atomic mass is 35.5. The molecule has 0 aliphatic carbocycles. The predicted molar refractivity (Wildman–Crippen MR) is 72.3 cm³/mol. The van der Waals surface area contributed by atoms with Crippen molar-refractivity contribution in [3.63, 3.8) is 0 Å². The smallest absolute Gasteiger partial charge is 0.253 e. The summed E-state index contributed by atoms with van der Waals surface area (Å²) in [5.74, 6) is -0.260. The Bertz CT molecular complexity index is 585. The lowest BCUT2D eigenvalue weighted by Gasteiger charge is -2.05. The molecule has 1 amide bonds. The zero-order chi connectivity index (χ0) is 13.1. The number of hydrogen-bond acceptors (Lipinski definition) is 4. The van der Waals surface area contributed by atoms with Crippen LogP contribution in [0.4, 0.5) is 0 Å². The van der Waals surface area contributed by atoms with Crippen molar-refractivity contribution in [2.24, 2.45) is 0 Å². The van der Waals surface area contributed by atoms with Crippen LogP contribution in [-0.4, -0.2) is 16.1 Å². The minimum atomic E-state index is -0.260. The molecule has 0 radical (unpaired) electrons. The Labute approximate surface area is 118 Å². The van der Waals surface area contributed by atoms with Crippen LogP contribution in [0.15, 0.2) is 18.2 Å². The lowest BCUT2D eigenvalue weighted by Crippen LogP contribution is -2.23. The molecule has 0 aliphatic rings. The van der Waals surface area contributed by atoms with E-state index < -0.39 is 0 Å². The Morgan fingerprint density at radius 1 is 1.39 bits per heavy atom. The fourth-order valence-corrected chi connectivity index (χ4v) is 2.48. The van der Waals surface area contributed by atoms with E-state index in [0.29, 0.717) is 22.2 Å². The third-order valence-corrected chi connectivity index (χ3v) is 3.53. The topological polar surface area (TPSA) is 54.9 Å². The van der Waals surface area contributed by atoms with E-state index in [1.165, 1.54) is 17.4 Å². The molecule has 1 aromatic carbocycles. The van der Waals surface area contributed by atoms with Crippen LogP contribution in [0, 0.1) is 6.92 Å². The van der Waals surface area contributed by atoms with Crippen LogP contribution in [-0.2, 0) is 6.54 Å². The van der Waals surface area contributed by atoms with Crippen molar-refractivity contribution in [1.29, 1.82) is 0 Å². The largest absolute Gasteiger partial charge is 0.345 e. The summed E-state index contributed by atoms with van der Waals surface area (Å²) < 4.78 is 0. The lowest BCUT2D eigenvalue weighted by molar-refractivity contribution is 0.0951. The molecule has 0 spiro atoms. The second-order valence-electron chi connectivity index (χ2n) is 3.52. The van der Waals surface area contributed by atoms with Crippen LogP contribution in [0.25, 0.3) is 0 Å². The Morgan fingerprint density at radius 2 is 2.17 bits per heavy atom. The number of hydrogen-bond donors (Lipinski definition) is 1. The van der Waals surface area contributed by atoms with Gasteiger partial charge in [-0.25, -0.2) is 0 Å². The molecule has 1 heterocycles. The van der Waals surface area contributed by atoms with Crippen molar-refractivity contribution < 1.29 is 4.79 Å². The number of aryl methyl sites for hydroxylation is 1. The van der Waals surface area contributed by atoms with Gasteiger partial charge in [-0.3, -0.25) is 4.79 Å². The second kappa shape index (κ2) is 5.65. The molecule has 7 heteroatoms. The summed E-state index contributed by atoms with van der Waals surface area (Å²) in [6.45, 7) is 2.20. The molecule has 1 aromatic heterocycles. The number of halogens is 2. The summed E-state index contributed by atoms with van der Waals surface area (Å²) in [5, 5.41) is 13.0. The molecule has 0 atom stereocenters. The molecule has 1 N–H and O–H groups in total. The molecule has 2 aromatic rings. The van der Waals surface area contributed by atoms with Gasteiger partial charge in [-0.05, 0) is 25.1 Å². The van der Waals surface area contributed by atoms with Gasteiger partial charge in [0.2, 0.25) is 0 Å². The first-order valence-electron chi connectivity index (χ1n) is 5.08. The second-order valence-corrected chi connectivity index (χ2v) is 5.63. The Hall–Kier alpha value is -1.17. The van der Waals surface area contributed by atoms with E-state index in [0.717, 1.165) is 10.0 Å². The monoisotopic (exact) mass is 301 g/mol. The summed E-state index contributed by atoms with van der Waals surface area (Å²) in [6, 6.07) is 4.75. The third-order valence-electron chi connectivity index (χ3n) is 2.14. The number of benzene rings is 1. The van der Waals surface area contributed by atoms with Crippen LogP contribution in [0.5, 0.6) is 0 Å². The number of rotatable bonds is 3. The van der Waals surface area contributed by atoms with Crippen molar-refractivity contribution in [1.82, 2.24) is 15.5 Å². The summed E-state index contributed by atoms with van der Waals surface area (Å²) in [7, 11) is 0. The maximum Gasteiger partial charge on any atom is 0.253 e. The van der Waals surface area contributed by atoms with Crippen molar-refractivity contribution >= 4 is 40.4 Å². The fraction of sp³-hybridized carbons (Fsp3) is 0.182. The summed E-state index contributed by atoms with van der Waals surface area (Å²) in [6.07, 6.45) is 0. The van der Waals surface area contributed by atoms with Gasteiger partial charge in [0.05, 0.1) is 17.1 Å². The van der Waals surface area contributed by atoms with Gasteiger partial charge >= 0.3 is 0 Å². The van der Waals surface area contributed by atoms with E-state index in [-0.39, 0.29) is 5.91 Å². The van der Waals surface area contributed by atoms with Gasteiger partial charge in [-0.2, -0.15) is 0 Å². The highest BCUT2D eigenvalue weighted by molar-refractivity contribution is 7.11. The first-order chi connectivity index (χ1) is 8.56. The number of amides is 1. The van der Waals surface area contributed by atoms with E-state index in [1.54, 1.807) is 12.1 Å². The summed E-state index contributed by atoms with van der Waals surface area (Å²) in [5.41, 5.74) is 0.391. The number of carbonyl (C=O) groups excluding carboxylic acids is 1. The third kappa shape index (κ3) is 3.19. The average Bonchev–Trinajstić information content (AvgIpc) is 2.72. The van der Waals surface area contributed by atoms with E-state index in [1.807, 2.05) is 6.92 Å². The Morgan fingerprint density at radius 3 is 2.78 bits per heavy atom. The Balaban J connectivity index is 2.03. The molecule has 0 aliphatic heterocycles. The lowest BCUT2D eigenvalue weighted by atomic mass is 10.2. The van der Waals surface area contributed by atoms with Crippen molar-refractivity contribution in [3.8, 4) is 0 Å². The maximum atomic E-state index is 11.9. The van der Waals surface area contributed by atoms with Crippen LogP contribution >= 0.6 is 34.5 Å². The first-order valence-corrected chi connectivity index (χ1v) is 6.66. The van der Waals surface area contributed by atoms with Gasteiger partial charge in [0.15, 0.2) is 0 Å². The number of nitrogens with zero attached hydrogens (tertiary/aromatic N) is 2. The van der Waals surface area contributed by atoms with Crippen LogP contribution < -0.4 is 5.32 Å². The van der Waals surface area contributed by atoms with Crippen molar-refractivity contribution in [2.75, 3.05) is 0 Å². The van der Waals surface area contributed by atoms with Crippen LogP contribution in [0.3, 0.4) is 0 Å². The first kappa shape index (κ1) is 13.3. The molecule has 94 valence electrons. The SMILES string of the molecule is Cc1nnc(CNC(=O)c2ccc(Cl)cc2Cl)s1. The zero-order valence-corrected chi connectivity index (χ0v) is 11.7. The van der Waals surface area contributed by atoms with E-state index in [4.69, 9.17) is 23.2 Å². The molecule has 2 rings (SSSR count). The minimum Gasteiger partial charge on any atom is -0.345 e. The van der Waals surface area contributed by atoms with E-state index in [9.17, 15) is 4.79 Å². The fourth-order valence-electron chi connectivity index (χ4n) is 1.33. The highest BCUT2D eigenvalue weighted by Gasteiger charge is 2.11. The quantitative estimate of drug-likeness (QED) is 0.948. The number of nitrogens with one attached hydrogen (secondary N) is 1. The van der Waals surface area contributed by atoms with Gasteiger partial charge in [-0.15, -0.1) is 10.2 Å². The van der Waals surface area contributed by atoms with Crippen molar-refractivity contribution in [2.45, 2.75) is 13.5 Å². The molecule has 0 saturated heterocycles. The van der Waals surface area contributed by atoms with E-state index >= 15 is 0 Å². The van der Waals surface area contributed by atoms with Crippen LogP contribution in [0.2, 0.25) is 10.0 Å². The zero-order valence-electron chi connectivity index (χ0n) is 9.41. The van der Waals surface area contributed by atoms with E-state index in [2.05, 4.69) is 15.5 Å². The van der Waals surface area contributed by atoms with Crippen molar-refractivity contribution in [3.05, 3.63) is 43.8 Å². The Kier molecular flexibility index (Phi) is 4.16. The van der Waals surface area contributed by atoms with Gasteiger partial charge in [-0.1, -0.05) is 34.5 Å². The summed E-state index contributed by atoms with van der Waals surface area (Å²) >= 11 is 13.1. The van der Waals surface area contributed by atoms with Gasteiger partial charge in [0.1, 0.15) is 10.0 Å². The summed E-state index contributed by atoms with van der Waals surface area (Å²) in [4.78, 5) is 11.9. The molecule has 0 fully saturated rings.